The third-order valence-electron chi connectivity index (χ3n) is 5.66. The van der Waals surface area contributed by atoms with Gasteiger partial charge in [-0.05, 0) is 52.7 Å². The van der Waals surface area contributed by atoms with Crippen LogP contribution in [-0.4, -0.2) is 107 Å². The van der Waals surface area contributed by atoms with Gasteiger partial charge >= 0.3 is 11.9 Å². The van der Waals surface area contributed by atoms with E-state index in [0.29, 0.717) is 32.7 Å². The molecule has 1 atom stereocenters. The highest BCUT2D eigenvalue weighted by atomic mass is 16.6. The topological polar surface area (TPSA) is 103 Å². The summed E-state index contributed by atoms with van der Waals surface area (Å²) < 4.78 is 11.3. The second-order valence-electron chi connectivity index (χ2n) is 11.5. The Kier molecular flexibility index (Phi) is 11.3. The number of hydrogen-bond acceptors (Lipinski definition) is 8. The zero-order valence-electron chi connectivity index (χ0n) is 22.8. The predicted octanol–water partition coefficient (Wildman–Crippen LogP) is 2.21. The second-order valence-corrected chi connectivity index (χ2v) is 11.5. The van der Waals surface area contributed by atoms with Crippen LogP contribution in [0.2, 0.25) is 0 Å². The van der Waals surface area contributed by atoms with Crippen molar-refractivity contribution in [3.05, 3.63) is 35.4 Å². The fraction of sp³-hybridized carbons (Fsp3) is 0.704. The van der Waals surface area contributed by atoms with Gasteiger partial charge in [0.2, 0.25) is 0 Å². The van der Waals surface area contributed by atoms with E-state index < -0.39 is 23.5 Å². The summed E-state index contributed by atoms with van der Waals surface area (Å²) in [6.45, 7) is 17.1. The maximum atomic E-state index is 12.5. The Morgan fingerprint density at radius 3 is 1.83 bits per heavy atom. The largest absolute Gasteiger partial charge is 0.481 e. The van der Waals surface area contributed by atoms with Gasteiger partial charge in [0.1, 0.15) is 5.60 Å². The van der Waals surface area contributed by atoms with E-state index in [1.165, 1.54) is 0 Å². The summed E-state index contributed by atoms with van der Waals surface area (Å²) in [5, 5.41) is 19.5. The Morgan fingerprint density at radius 1 is 0.833 bits per heavy atom. The van der Waals surface area contributed by atoms with Crippen LogP contribution in [0.1, 0.15) is 52.7 Å². The summed E-state index contributed by atoms with van der Waals surface area (Å²) in [6, 6.07) is 7.67. The Hall–Kier alpha value is -2.04. The third-order valence-corrected chi connectivity index (χ3v) is 5.66. The number of carbonyl (C=O) groups is 2. The molecular formula is C27H45N3O6. The zero-order valence-corrected chi connectivity index (χ0v) is 22.8. The van der Waals surface area contributed by atoms with Crippen LogP contribution in [0.4, 0.5) is 0 Å². The van der Waals surface area contributed by atoms with Crippen LogP contribution in [0.25, 0.3) is 0 Å². The van der Waals surface area contributed by atoms with Crippen LogP contribution >= 0.6 is 0 Å². The molecule has 0 amide bonds. The summed E-state index contributed by atoms with van der Waals surface area (Å²) >= 11 is 0. The SMILES string of the molecule is CC(C)(C)OC(=O)CN1CCN(Cc2ccc(CC(=O)O)cc2)CCN(CC(O)OC(C)(C)C)CC1. The molecule has 2 rings (SSSR count). The number of carboxylic acid groups (broad SMARTS) is 1. The standard InChI is InChI=1S/C27H45N3O6/c1-26(2,3)35-24(33)19-29-13-11-28(18-22-9-7-21(8-10-22)17-23(31)32)12-14-30(16-15-29)20-25(34)36-27(4,5)6/h7-10,24,33H,11-20H2,1-6H3,(H,31,32). The highest BCUT2D eigenvalue weighted by Crippen LogP contribution is 2.13. The van der Waals surface area contributed by atoms with Crippen molar-refractivity contribution >= 4 is 11.9 Å². The summed E-state index contributed by atoms with van der Waals surface area (Å²) in [5.74, 6) is -1.09. The molecule has 0 aromatic heterocycles. The number of benzene rings is 1. The minimum absolute atomic E-state index is 0.0115. The van der Waals surface area contributed by atoms with E-state index in [1.807, 2.05) is 65.8 Å². The van der Waals surface area contributed by atoms with Gasteiger partial charge in [0.05, 0.1) is 18.6 Å². The number of hydrogen-bond donors (Lipinski definition) is 2. The molecule has 0 bridgehead atoms. The molecule has 1 aliphatic heterocycles. The maximum absolute atomic E-state index is 12.5. The molecule has 0 spiro atoms. The number of aliphatic carboxylic acids is 1. The number of aliphatic hydroxyl groups excluding tert-OH is 1. The number of rotatable bonds is 9. The summed E-state index contributed by atoms with van der Waals surface area (Å²) in [7, 11) is 0. The van der Waals surface area contributed by atoms with Gasteiger partial charge in [0.15, 0.2) is 6.29 Å². The van der Waals surface area contributed by atoms with Crippen molar-refractivity contribution < 1.29 is 29.3 Å². The Labute approximate surface area is 216 Å². The summed E-state index contributed by atoms with van der Waals surface area (Å²) in [5.41, 5.74) is 0.902. The maximum Gasteiger partial charge on any atom is 0.320 e. The molecule has 1 aliphatic rings. The first-order chi connectivity index (χ1) is 16.7. The van der Waals surface area contributed by atoms with Crippen LogP contribution in [0.15, 0.2) is 24.3 Å². The van der Waals surface area contributed by atoms with Gasteiger partial charge in [0, 0.05) is 52.4 Å². The molecule has 1 aromatic carbocycles. The van der Waals surface area contributed by atoms with Gasteiger partial charge in [-0.1, -0.05) is 24.3 Å². The van der Waals surface area contributed by atoms with Crippen molar-refractivity contribution in [3.63, 3.8) is 0 Å². The van der Waals surface area contributed by atoms with Gasteiger partial charge in [-0.2, -0.15) is 0 Å². The number of carbonyl (C=O) groups excluding carboxylic acids is 1. The van der Waals surface area contributed by atoms with E-state index in [1.54, 1.807) is 0 Å². The first-order valence-corrected chi connectivity index (χ1v) is 12.7. The van der Waals surface area contributed by atoms with Gasteiger partial charge in [0.25, 0.3) is 0 Å². The van der Waals surface area contributed by atoms with Gasteiger partial charge in [-0.25, -0.2) is 0 Å². The minimum Gasteiger partial charge on any atom is -0.481 e. The van der Waals surface area contributed by atoms with E-state index in [4.69, 9.17) is 14.6 Å². The lowest BCUT2D eigenvalue weighted by atomic mass is 10.1. The van der Waals surface area contributed by atoms with E-state index in [2.05, 4.69) is 14.7 Å². The molecule has 0 saturated carbocycles. The first-order valence-electron chi connectivity index (χ1n) is 12.7. The van der Waals surface area contributed by atoms with E-state index in [-0.39, 0.29) is 18.9 Å². The molecule has 0 aliphatic carbocycles. The average molecular weight is 508 g/mol. The Bertz CT molecular complexity index is 831. The average Bonchev–Trinajstić information content (AvgIpc) is 2.79. The summed E-state index contributed by atoms with van der Waals surface area (Å²) in [6.07, 6.45) is -0.891. The molecular weight excluding hydrogens is 462 g/mol. The van der Waals surface area contributed by atoms with Crippen molar-refractivity contribution in [3.8, 4) is 0 Å². The smallest absolute Gasteiger partial charge is 0.320 e. The number of esters is 1. The van der Waals surface area contributed by atoms with Crippen LogP contribution < -0.4 is 0 Å². The molecule has 1 fully saturated rings. The first kappa shape index (κ1) is 30.2. The molecule has 2 N–H and O–H groups in total. The van der Waals surface area contributed by atoms with Crippen molar-refractivity contribution in [1.82, 2.24) is 14.7 Å². The lowest BCUT2D eigenvalue weighted by Gasteiger charge is -2.30. The highest BCUT2D eigenvalue weighted by Gasteiger charge is 2.24. The fourth-order valence-electron chi connectivity index (χ4n) is 4.10. The molecule has 1 unspecified atom stereocenters. The molecule has 0 radical (unpaired) electrons. The lowest BCUT2D eigenvalue weighted by molar-refractivity contribution is -0.174. The monoisotopic (exact) mass is 507 g/mol. The molecule has 9 nitrogen and oxygen atoms in total. The predicted molar refractivity (Wildman–Crippen MR) is 139 cm³/mol. The number of aliphatic hydroxyl groups is 1. The molecule has 36 heavy (non-hydrogen) atoms. The molecule has 9 heteroatoms. The molecule has 204 valence electrons. The van der Waals surface area contributed by atoms with E-state index in [9.17, 15) is 14.7 Å². The molecule has 1 heterocycles. The van der Waals surface area contributed by atoms with Crippen molar-refractivity contribution in [2.45, 2.75) is 72.0 Å². The van der Waals surface area contributed by atoms with Crippen molar-refractivity contribution in [1.29, 1.82) is 0 Å². The lowest BCUT2D eigenvalue weighted by Crippen LogP contribution is -2.43. The van der Waals surface area contributed by atoms with Gasteiger partial charge < -0.3 is 19.7 Å². The number of carboxylic acids is 1. The second kappa shape index (κ2) is 13.5. The van der Waals surface area contributed by atoms with Crippen LogP contribution in [0.3, 0.4) is 0 Å². The Morgan fingerprint density at radius 2 is 1.33 bits per heavy atom. The Balaban J connectivity index is 2.09. The molecule has 1 aromatic rings. The number of nitrogens with zero attached hydrogens (tertiary/aromatic N) is 3. The third kappa shape index (κ3) is 12.8. The zero-order chi connectivity index (χ0) is 26.9. The normalized spacial score (nSPS) is 18.2. The quantitative estimate of drug-likeness (QED) is 0.385. The van der Waals surface area contributed by atoms with Crippen molar-refractivity contribution in [2.24, 2.45) is 0 Å². The van der Waals surface area contributed by atoms with Crippen LogP contribution in [0.5, 0.6) is 0 Å². The van der Waals surface area contributed by atoms with E-state index >= 15 is 0 Å². The van der Waals surface area contributed by atoms with E-state index in [0.717, 1.165) is 30.8 Å². The highest BCUT2D eigenvalue weighted by molar-refractivity contribution is 5.72. The minimum atomic E-state index is -0.903. The van der Waals surface area contributed by atoms with Gasteiger partial charge in [-0.15, -0.1) is 0 Å². The van der Waals surface area contributed by atoms with Crippen LogP contribution in [0, 0.1) is 0 Å². The number of β-amino-alcohol motifs (C(OH)–C–C–N with tert-alkyl or cyclic N) is 1. The van der Waals surface area contributed by atoms with Crippen LogP contribution in [-0.2, 0) is 32.0 Å². The van der Waals surface area contributed by atoms with Crippen molar-refractivity contribution in [2.75, 3.05) is 52.4 Å². The summed E-state index contributed by atoms with van der Waals surface area (Å²) in [4.78, 5) is 30.1. The molecule has 1 saturated heterocycles. The number of ether oxygens (including phenoxy) is 2. The van der Waals surface area contributed by atoms with Gasteiger partial charge in [-0.3, -0.25) is 24.3 Å². The fourth-order valence-corrected chi connectivity index (χ4v) is 4.10.